The van der Waals surface area contributed by atoms with Crippen molar-refractivity contribution in [1.82, 2.24) is 0 Å². The molecule has 2 fully saturated rings. The highest BCUT2D eigenvalue weighted by Crippen LogP contribution is 2.34. The van der Waals surface area contributed by atoms with Crippen LogP contribution in [0.2, 0.25) is 0 Å². The van der Waals surface area contributed by atoms with Gasteiger partial charge in [-0.05, 0) is 118 Å². The molecule has 16 nitrogen and oxygen atoms in total. The smallest absolute Gasteiger partial charge is 0.335 e. The lowest BCUT2D eigenvalue weighted by Crippen LogP contribution is -2.30. The van der Waals surface area contributed by atoms with E-state index in [9.17, 15) is 33.6 Å². The highest BCUT2D eigenvalue weighted by Gasteiger charge is 2.34. The van der Waals surface area contributed by atoms with Crippen molar-refractivity contribution in [3.63, 3.8) is 0 Å². The van der Waals surface area contributed by atoms with E-state index in [1.165, 1.54) is 54.6 Å². The Morgan fingerprint density at radius 2 is 0.905 bits per heavy atom. The van der Waals surface area contributed by atoms with Crippen molar-refractivity contribution in [2.24, 2.45) is 23.7 Å². The Labute approximate surface area is 363 Å². The molecule has 330 valence electrons. The lowest BCUT2D eigenvalue weighted by atomic mass is 9.82. The molecule has 63 heavy (non-hydrogen) atoms. The Hall–Kier alpha value is -7.36. The molecule has 0 aliphatic heterocycles. The molecule has 5 rings (SSSR count). The zero-order valence-corrected chi connectivity index (χ0v) is 34.4. The van der Waals surface area contributed by atoms with E-state index >= 15 is 0 Å². The predicted octanol–water partition coefficient (Wildman–Crippen LogP) is 6.62. The van der Waals surface area contributed by atoms with E-state index in [0.29, 0.717) is 62.9 Å². The minimum Gasteiger partial charge on any atom is -0.490 e. The van der Waals surface area contributed by atoms with E-state index in [1.807, 2.05) is 0 Å². The second-order valence-corrected chi connectivity index (χ2v) is 14.6. The van der Waals surface area contributed by atoms with Crippen molar-refractivity contribution >= 4 is 48.0 Å². The number of rotatable bonds is 19. The molecule has 0 aromatic heterocycles. The fourth-order valence-corrected chi connectivity index (χ4v) is 6.80. The van der Waals surface area contributed by atoms with Crippen molar-refractivity contribution < 1.29 is 71.5 Å². The molecule has 1 unspecified atom stereocenters. The normalized spacial score (nSPS) is 18.4. The van der Waals surface area contributed by atoms with Gasteiger partial charge < -0.3 is 43.3 Å². The fraction of sp³-hybridized carbons (Fsp3) is 0.319. The van der Waals surface area contributed by atoms with Crippen molar-refractivity contribution in [3.05, 3.63) is 110 Å². The van der Waals surface area contributed by atoms with Gasteiger partial charge >= 0.3 is 41.8 Å². The van der Waals surface area contributed by atoms with Gasteiger partial charge in [0.1, 0.15) is 47.7 Å². The standard InChI is InChI=1S/C47H47NO15/c1-4-41(49)57-28-39(59-43(51)6-3)27-56-34-15-17-36(18-16-34)60-44(52)29-7-9-31(10-8-29)46(54)62-38-23-24-40(33(25-38)26-48)63-47(55)32-13-11-30(12-14-32)45(53)61-37-21-19-35(20-22-37)58-42(50)5-2/h4-6,15-26,29-32,39,48H,1-3,7-14,27-28H2. The average molecular weight is 866 g/mol. The third kappa shape index (κ3) is 14.1. The summed E-state index contributed by atoms with van der Waals surface area (Å²) >= 11 is 0. The van der Waals surface area contributed by atoms with Crippen LogP contribution >= 0.6 is 0 Å². The van der Waals surface area contributed by atoms with Gasteiger partial charge in [-0.25, -0.2) is 14.4 Å². The quantitative estimate of drug-likeness (QED) is 0.0580. The SMILES string of the molecule is C=CC(=O)OCC(COc1ccc(OC(=O)C2CCC(C(=O)Oc3ccc(OC(=O)C4CCC(C(=O)Oc5ccc(OC(=O)C=C)cc5)CC4)c(C=N)c3)CC2)cc1)OC(=O)C=C. The Balaban J connectivity index is 1.02. The monoisotopic (exact) mass is 865 g/mol. The molecular formula is C47H47NO15. The molecular weight excluding hydrogens is 819 g/mol. The summed E-state index contributed by atoms with van der Waals surface area (Å²) in [6.07, 6.45) is 6.26. The van der Waals surface area contributed by atoms with E-state index in [4.69, 9.17) is 43.3 Å². The average Bonchev–Trinajstić information content (AvgIpc) is 3.31. The van der Waals surface area contributed by atoms with E-state index in [1.54, 1.807) is 12.1 Å². The second-order valence-electron chi connectivity index (χ2n) is 14.6. The Morgan fingerprint density at radius 3 is 1.35 bits per heavy atom. The molecule has 1 N–H and O–H groups in total. The fourth-order valence-electron chi connectivity index (χ4n) is 6.80. The van der Waals surface area contributed by atoms with Crippen LogP contribution in [0.3, 0.4) is 0 Å². The Morgan fingerprint density at radius 1 is 0.508 bits per heavy atom. The van der Waals surface area contributed by atoms with E-state index in [0.717, 1.165) is 24.4 Å². The third-order valence-electron chi connectivity index (χ3n) is 10.3. The van der Waals surface area contributed by atoms with Crippen LogP contribution in [0.15, 0.2) is 105 Å². The minimum absolute atomic E-state index is 0.128. The van der Waals surface area contributed by atoms with Crippen LogP contribution in [0.5, 0.6) is 34.5 Å². The van der Waals surface area contributed by atoms with Crippen molar-refractivity contribution in [1.29, 1.82) is 5.41 Å². The number of hydrogen-bond acceptors (Lipinski definition) is 16. The second kappa shape index (κ2) is 23.0. The summed E-state index contributed by atoms with van der Waals surface area (Å²) in [5.74, 6) is -4.13. The molecule has 0 bridgehead atoms. The number of hydrogen-bond donors (Lipinski definition) is 1. The van der Waals surface area contributed by atoms with E-state index in [2.05, 4.69) is 19.7 Å². The summed E-state index contributed by atoms with van der Waals surface area (Å²) in [6.45, 7) is 9.61. The molecule has 0 heterocycles. The zero-order chi connectivity index (χ0) is 45.3. The predicted molar refractivity (Wildman–Crippen MR) is 223 cm³/mol. The first-order chi connectivity index (χ1) is 30.4. The van der Waals surface area contributed by atoms with Gasteiger partial charge in [-0.15, -0.1) is 0 Å². The molecule has 3 aromatic rings. The van der Waals surface area contributed by atoms with Gasteiger partial charge in [0.2, 0.25) is 0 Å². The first-order valence-electron chi connectivity index (χ1n) is 20.2. The summed E-state index contributed by atoms with van der Waals surface area (Å²) < 4.78 is 43.1. The van der Waals surface area contributed by atoms with Gasteiger partial charge in [-0.3, -0.25) is 19.2 Å². The summed E-state index contributed by atoms with van der Waals surface area (Å²) in [5, 5.41) is 7.89. The zero-order valence-electron chi connectivity index (χ0n) is 34.4. The van der Waals surface area contributed by atoms with Crippen molar-refractivity contribution in [2.45, 2.75) is 57.5 Å². The maximum absolute atomic E-state index is 13.1. The van der Waals surface area contributed by atoms with Crippen molar-refractivity contribution in [3.8, 4) is 34.5 Å². The van der Waals surface area contributed by atoms with Crippen LogP contribution in [0.1, 0.15) is 56.9 Å². The minimum atomic E-state index is -0.912. The molecule has 2 aliphatic carbocycles. The summed E-state index contributed by atoms with van der Waals surface area (Å²) in [4.78, 5) is 86.4. The number of nitrogens with one attached hydrogen (secondary N) is 1. The first-order valence-corrected chi connectivity index (χ1v) is 20.2. The third-order valence-corrected chi connectivity index (χ3v) is 10.3. The molecule has 1 atom stereocenters. The number of carbonyl (C=O) groups is 7. The van der Waals surface area contributed by atoms with Crippen LogP contribution in [0, 0.1) is 29.1 Å². The molecule has 3 aromatic carbocycles. The van der Waals surface area contributed by atoms with E-state index < -0.39 is 71.6 Å². The summed E-state index contributed by atoms with van der Waals surface area (Å²) in [7, 11) is 0. The highest BCUT2D eigenvalue weighted by atomic mass is 16.6. The van der Waals surface area contributed by atoms with Crippen LogP contribution < -0.4 is 28.4 Å². The molecule has 0 spiro atoms. The number of esters is 7. The van der Waals surface area contributed by atoms with Gasteiger partial charge in [0.25, 0.3) is 0 Å². The summed E-state index contributed by atoms with van der Waals surface area (Å²) in [6, 6.07) is 16.6. The molecule has 2 aliphatic rings. The van der Waals surface area contributed by atoms with E-state index in [-0.39, 0.29) is 41.8 Å². The van der Waals surface area contributed by atoms with Gasteiger partial charge in [-0.1, -0.05) is 19.7 Å². The molecule has 0 radical (unpaired) electrons. The Kier molecular flexibility index (Phi) is 17.1. The van der Waals surface area contributed by atoms with Gasteiger partial charge in [-0.2, -0.15) is 0 Å². The molecule has 0 saturated heterocycles. The maximum atomic E-state index is 13.1. The molecule has 0 amide bonds. The summed E-state index contributed by atoms with van der Waals surface area (Å²) in [5.41, 5.74) is 0.229. The highest BCUT2D eigenvalue weighted by molar-refractivity contribution is 5.86. The number of ether oxygens (including phenoxy) is 8. The van der Waals surface area contributed by atoms with Gasteiger partial charge in [0, 0.05) is 30.0 Å². The van der Waals surface area contributed by atoms with Crippen LogP contribution in [0.25, 0.3) is 0 Å². The van der Waals surface area contributed by atoms with Gasteiger partial charge in [0.15, 0.2) is 6.10 Å². The van der Waals surface area contributed by atoms with Gasteiger partial charge in [0.05, 0.1) is 23.7 Å². The van der Waals surface area contributed by atoms with Crippen LogP contribution in [-0.4, -0.2) is 67.3 Å². The maximum Gasteiger partial charge on any atom is 0.335 e. The molecule has 16 heteroatoms. The molecule has 2 saturated carbocycles. The number of carbonyl (C=O) groups excluding carboxylic acids is 7. The Bertz CT molecular complexity index is 2180. The first kappa shape index (κ1) is 46.7. The van der Waals surface area contributed by atoms with Crippen LogP contribution in [0.4, 0.5) is 0 Å². The van der Waals surface area contributed by atoms with Crippen LogP contribution in [-0.2, 0) is 43.0 Å². The van der Waals surface area contributed by atoms with Crippen molar-refractivity contribution in [2.75, 3.05) is 13.2 Å². The lowest BCUT2D eigenvalue weighted by molar-refractivity contribution is -0.154. The largest absolute Gasteiger partial charge is 0.490 e. The lowest BCUT2D eigenvalue weighted by Gasteiger charge is -2.26. The number of benzene rings is 3. The topological polar surface area (TPSA) is 217 Å².